The van der Waals surface area contributed by atoms with E-state index >= 15 is 0 Å². The molecule has 0 unspecified atom stereocenters. The summed E-state index contributed by atoms with van der Waals surface area (Å²) in [5, 5.41) is 19.1. The van der Waals surface area contributed by atoms with E-state index in [0.29, 0.717) is 13.0 Å². The summed E-state index contributed by atoms with van der Waals surface area (Å²) < 4.78 is 4.93. The standard InChI is InChI=1S/C15H22N2O5/c1-17(13(20)8-3-2-4-9-16)10-22-15(21)14-11(18)6-5-7-12(14)19/h5-7,18-19H,2-4,8-10,16H2,1H3. The Morgan fingerprint density at radius 2 is 1.82 bits per heavy atom. The number of ether oxygens (including phenoxy) is 1. The molecule has 0 aliphatic carbocycles. The molecule has 122 valence electrons. The molecule has 0 aliphatic rings. The lowest BCUT2D eigenvalue weighted by atomic mass is 10.2. The zero-order valence-electron chi connectivity index (χ0n) is 12.6. The predicted octanol–water partition coefficient (Wildman–Crippen LogP) is 1.19. The second kappa shape index (κ2) is 8.89. The van der Waals surface area contributed by atoms with E-state index in [0.717, 1.165) is 19.3 Å². The van der Waals surface area contributed by atoms with Gasteiger partial charge in [0.15, 0.2) is 6.73 Å². The first-order chi connectivity index (χ1) is 10.5. The Morgan fingerprint density at radius 3 is 2.41 bits per heavy atom. The molecule has 7 nitrogen and oxygen atoms in total. The number of hydrogen-bond acceptors (Lipinski definition) is 6. The second-order valence-electron chi connectivity index (χ2n) is 4.92. The maximum atomic E-state index is 11.8. The van der Waals surface area contributed by atoms with Crippen LogP contribution in [0.5, 0.6) is 11.5 Å². The van der Waals surface area contributed by atoms with Gasteiger partial charge in [-0.3, -0.25) is 4.79 Å². The first kappa shape index (κ1) is 17.8. The summed E-state index contributed by atoms with van der Waals surface area (Å²) in [6.45, 7) is 0.355. The number of nitrogens with zero attached hydrogens (tertiary/aromatic N) is 1. The van der Waals surface area contributed by atoms with Crippen LogP contribution in [0.4, 0.5) is 0 Å². The first-order valence-electron chi connectivity index (χ1n) is 7.09. The number of carbonyl (C=O) groups is 2. The molecule has 0 aromatic heterocycles. The van der Waals surface area contributed by atoms with Crippen molar-refractivity contribution in [3.05, 3.63) is 23.8 Å². The molecule has 0 bridgehead atoms. The van der Waals surface area contributed by atoms with E-state index in [2.05, 4.69) is 0 Å². The molecule has 0 radical (unpaired) electrons. The zero-order valence-corrected chi connectivity index (χ0v) is 12.6. The molecule has 0 atom stereocenters. The molecule has 1 aromatic carbocycles. The molecule has 0 saturated heterocycles. The third-order valence-corrected chi connectivity index (χ3v) is 3.13. The summed E-state index contributed by atoms with van der Waals surface area (Å²) in [5.41, 5.74) is 5.06. The van der Waals surface area contributed by atoms with E-state index in [-0.39, 0.29) is 29.7 Å². The largest absolute Gasteiger partial charge is 0.507 e. The lowest BCUT2D eigenvalue weighted by Gasteiger charge is -2.17. The number of phenolic OH excluding ortho intramolecular Hbond substituents is 2. The molecule has 0 aliphatic heterocycles. The van der Waals surface area contributed by atoms with Gasteiger partial charge in [0.05, 0.1) is 0 Å². The van der Waals surface area contributed by atoms with Gasteiger partial charge in [-0.25, -0.2) is 4.79 Å². The van der Waals surface area contributed by atoms with Gasteiger partial charge in [-0.2, -0.15) is 0 Å². The van der Waals surface area contributed by atoms with Gasteiger partial charge in [0, 0.05) is 13.5 Å². The third kappa shape index (κ3) is 5.25. The van der Waals surface area contributed by atoms with Gasteiger partial charge in [0.25, 0.3) is 0 Å². The van der Waals surface area contributed by atoms with Gasteiger partial charge < -0.3 is 25.6 Å². The summed E-state index contributed by atoms with van der Waals surface area (Å²) in [5.74, 6) is -1.79. The van der Waals surface area contributed by atoms with Crippen molar-refractivity contribution < 1.29 is 24.5 Å². The van der Waals surface area contributed by atoms with Crippen molar-refractivity contribution in [2.75, 3.05) is 20.3 Å². The van der Waals surface area contributed by atoms with Crippen LogP contribution < -0.4 is 5.73 Å². The van der Waals surface area contributed by atoms with E-state index in [1.165, 1.54) is 30.1 Å². The normalized spacial score (nSPS) is 10.3. The molecule has 0 fully saturated rings. The Bertz CT molecular complexity index is 498. The van der Waals surface area contributed by atoms with E-state index in [9.17, 15) is 19.8 Å². The number of aromatic hydroxyl groups is 2. The van der Waals surface area contributed by atoms with E-state index in [4.69, 9.17) is 10.5 Å². The van der Waals surface area contributed by atoms with Crippen molar-refractivity contribution >= 4 is 11.9 Å². The lowest BCUT2D eigenvalue weighted by Crippen LogP contribution is -2.30. The smallest absolute Gasteiger partial charge is 0.347 e. The minimum atomic E-state index is -0.890. The minimum absolute atomic E-state index is 0.147. The van der Waals surface area contributed by atoms with Crippen LogP contribution in [0.3, 0.4) is 0 Å². The fourth-order valence-electron chi connectivity index (χ4n) is 1.83. The van der Waals surface area contributed by atoms with Crippen molar-refractivity contribution in [1.29, 1.82) is 0 Å². The van der Waals surface area contributed by atoms with Crippen LogP contribution in [0.1, 0.15) is 36.0 Å². The summed E-state index contributed by atoms with van der Waals surface area (Å²) in [6.07, 6.45) is 2.84. The Morgan fingerprint density at radius 1 is 1.18 bits per heavy atom. The van der Waals surface area contributed by atoms with Crippen molar-refractivity contribution in [3.63, 3.8) is 0 Å². The van der Waals surface area contributed by atoms with E-state index in [1.54, 1.807) is 0 Å². The average molecular weight is 310 g/mol. The van der Waals surface area contributed by atoms with E-state index in [1.807, 2.05) is 0 Å². The number of carbonyl (C=O) groups excluding carboxylic acids is 2. The van der Waals surface area contributed by atoms with Gasteiger partial charge >= 0.3 is 5.97 Å². The number of unbranched alkanes of at least 4 members (excludes halogenated alkanes) is 2. The van der Waals surface area contributed by atoms with Crippen LogP contribution in [0.25, 0.3) is 0 Å². The number of amides is 1. The Balaban J connectivity index is 2.45. The SMILES string of the molecule is CN(COC(=O)c1c(O)cccc1O)C(=O)CCCCCN. The Labute approximate surface area is 129 Å². The van der Waals surface area contributed by atoms with Crippen LogP contribution in [0.2, 0.25) is 0 Å². The quantitative estimate of drug-likeness (QED) is 0.377. The molecule has 0 heterocycles. The number of benzene rings is 1. The Kier molecular flexibility index (Phi) is 7.18. The third-order valence-electron chi connectivity index (χ3n) is 3.13. The van der Waals surface area contributed by atoms with Gasteiger partial charge in [0.1, 0.15) is 17.1 Å². The van der Waals surface area contributed by atoms with Gasteiger partial charge in [-0.1, -0.05) is 12.5 Å². The lowest BCUT2D eigenvalue weighted by molar-refractivity contribution is -0.133. The molecule has 0 saturated carbocycles. The Hall–Kier alpha value is -2.28. The summed E-state index contributed by atoms with van der Waals surface area (Å²) >= 11 is 0. The minimum Gasteiger partial charge on any atom is -0.507 e. The van der Waals surface area contributed by atoms with Crippen molar-refractivity contribution in [3.8, 4) is 11.5 Å². The monoisotopic (exact) mass is 310 g/mol. The van der Waals surface area contributed by atoms with Crippen molar-refractivity contribution in [2.24, 2.45) is 5.73 Å². The summed E-state index contributed by atoms with van der Waals surface area (Å²) in [4.78, 5) is 24.9. The molecular formula is C15H22N2O5. The number of nitrogens with two attached hydrogens (primary N) is 1. The highest BCUT2D eigenvalue weighted by atomic mass is 16.5. The predicted molar refractivity (Wildman–Crippen MR) is 80.3 cm³/mol. The number of esters is 1. The van der Waals surface area contributed by atoms with Crippen molar-refractivity contribution in [2.45, 2.75) is 25.7 Å². The fraction of sp³-hybridized carbons (Fsp3) is 0.467. The zero-order chi connectivity index (χ0) is 16.5. The molecule has 1 rings (SSSR count). The molecule has 1 aromatic rings. The number of rotatable bonds is 8. The highest BCUT2D eigenvalue weighted by Crippen LogP contribution is 2.26. The van der Waals surface area contributed by atoms with Gasteiger partial charge in [-0.05, 0) is 31.5 Å². The van der Waals surface area contributed by atoms with Crippen LogP contribution in [0.15, 0.2) is 18.2 Å². The molecular weight excluding hydrogens is 288 g/mol. The maximum Gasteiger partial charge on any atom is 0.347 e. The molecule has 1 amide bonds. The van der Waals surface area contributed by atoms with Crippen LogP contribution in [0, 0.1) is 0 Å². The highest BCUT2D eigenvalue weighted by molar-refractivity contribution is 5.95. The second-order valence-corrected chi connectivity index (χ2v) is 4.92. The van der Waals surface area contributed by atoms with Gasteiger partial charge in [-0.15, -0.1) is 0 Å². The van der Waals surface area contributed by atoms with Crippen LogP contribution >= 0.6 is 0 Å². The molecule has 7 heteroatoms. The van der Waals surface area contributed by atoms with Crippen molar-refractivity contribution in [1.82, 2.24) is 4.90 Å². The topological polar surface area (TPSA) is 113 Å². The highest BCUT2D eigenvalue weighted by Gasteiger charge is 2.19. The average Bonchev–Trinajstić information content (AvgIpc) is 2.48. The first-order valence-corrected chi connectivity index (χ1v) is 7.09. The summed E-state index contributed by atoms with van der Waals surface area (Å²) in [7, 11) is 1.52. The molecule has 0 spiro atoms. The molecule has 22 heavy (non-hydrogen) atoms. The fourth-order valence-corrected chi connectivity index (χ4v) is 1.83. The number of phenols is 2. The number of hydrogen-bond donors (Lipinski definition) is 3. The maximum absolute atomic E-state index is 11.8. The molecule has 4 N–H and O–H groups in total. The summed E-state index contributed by atoms with van der Waals surface area (Å²) in [6, 6.07) is 3.93. The van der Waals surface area contributed by atoms with Crippen LogP contribution in [-0.2, 0) is 9.53 Å². The van der Waals surface area contributed by atoms with Gasteiger partial charge in [0.2, 0.25) is 5.91 Å². The van der Waals surface area contributed by atoms with E-state index < -0.39 is 5.97 Å². The van der Waals surface area contributed by atoms with Crippen LogP contribution in [-0.4, -0.2) is 47.3 Å².